The van der Waals surface area contributed by atoms with Crippen molar-refractivity contribution >= 4 is 57.9 Å². The Kier molecular flexibility index (Phi) is 9.28. The van der Waals surface area contributed by atoms with Gasteiger partial charge in [-0.25, -0.2) is 4.68 Å². The number of halogens is 2. The highest BCUT2D eigenvalue weighted by Crippen LogP contribution is 2.36. The number of thiocarbonyl (C=S) groups is 1. The van der Waals surface area contributed by atoms with Gasteiger partial charge in [-0.2, -0.15) is 5.10 Å². The van der Waals surface area contributed by atoms with E-state index in [1.807, 2.05) is 16.8 Å². The minimum absolute atomic E-state index is 0.469. The summed E-state index contributed by atoms with van der Waals surface area (Å²) >= 11 is 20.1. The van der Waals surface area contributed by atoms with Crippen LogP contribution in [0.5, 0.6) is 0 Å². The number of benzene rings is 1. The van der Waals surface area contributed by atoms with Gasteiger partial charge in [0.05, 0.1) is 33.5 Å². The molecule has 0 unspecified atom stereocenters. The highest BCUT2D eigenvalue weighted by molar-refractivity contribution is 7.80. The molecule has 1 fully saturated rings. The molecule has 2 heterocycles. The van der Waals surface area contributed by atoms with Gasteiger partial charge in [0.2, 0.25) is 0 Å². The first-order valence-electron chi connectivity index (χ1n) is 12.3. The van der Waals surface area contributed by atoms with Crippen molar-refractivity contribution < 1.29 is 0 Å². The van der Waals surface area contributed by atoms with Gasteiger partial charge in [-0.1, -0.05) is 61.9 Å². The average molecular weight is 548 g/mol. The fourth-order valence-electron chi connectivity index (χ4n) is 4.41. The zero-order valence-corrected chi connectivity index (χ0v) is 23.4. The Hall–Kier alpha value is -1.86. The molecule has 0 spiro atoms. The number of rotatable bonds is 8. The molecule has 0 atom stereocenters. The predicted octanol–water partition coefficient (Wildman–Crippen LogP) is 8.33. The minimum atomic E-state index is 0.469. The molecular weight excluding hydrogens is 515 g/mol. The molecule has 0 radical (unpaired) electrons. The van der Waals surface area contributed by atoms with Crippen molar-refractivity contribution in [2.24, 2.45) is 0 Å². The molecule has 186 valence electrons. The third-order valence-electron chi connectivity index (χ3n) is 6.31. The summed E-state index contributed by atoms with van der Waals surface area (Å²) in [4.78, 5) is 2.37. The second-order valence-corrected chi connectivity index (χ2v) is 11.4. The van der Waals surface area contributed by atoms with Crippen molar-refractivity contribution in [2.45, 2.75) is 71.4 Å². The molecule has 35 heavy (non-hydrogen) atoms. The van der Waals surface area contributed by atoms with Gasteiger partial charge in [-0.05, 0) is 74.8 Å². The fraction of sp³-hybridized carbons (Fsp3) is 0.407. The quantitative estimate of drug-likeness (QED) is 0.278. The first-order chi connectivity index (χ1) is 17.0. The summed E-state index contributed by atoms with van der Waals surface area (Å²) in [5.74, 6) is 0. The van der Waals surface area contributed by atoms with Crippen LogP contribution in [0.15, 0.2) is 36.4 Å². The number of hydrogen-bond acceptors (Lipinski definition) is 3. The molecule has 1 aliphatic rings. The normalized spacial score (nSPS) is 14.5. The van der Waals surface area contributed by atoms with Crippen LogP contribution in [0.25, 0.3) is 22.3 Å². The van der Waals surface area contributed by atoms with Crippen molar-refractivity contribution in [1.29, 1.82) is 0 Å². The number of allylic oxidation sites excluding steroid dienone is 1. The Bertz CT molecular complexity index is 1190. The summed E-state index contributed by atoms with van der Waals surface area (Å²) in [5, 5.41) is 13.7. The molecule has 3 aromatic rings. The first-order valence-corrected chi connectivity index (χ1v) is 14.3. The van der Waals surface area contributed by atoms with Gasteiger partial charge in [0.25, 0.3) is 0 Å². The maximum Gasteiger partial charge on any atom is 0.166 e. The van der Waals surface area contributed by atoms with Gasteiger partial charge in [-0.3, -0.25) is 0 Å². The summed E-state index contributed by atoms with van der Waals surface area (Å²) in [6.45, 7) is 4.85. The monoisotopic (exact) mass is 546 g/mol. The Morgan fingerprint density at radius 3 is 2.74 bits per heavy atom. The molecule has 2 aromatic heterocycles. The maximum absolute atomic E-state index is 6.61. The number of nitrogens with zero attached hydrogens (tertiary/aromatic N) is 2. The van der Waals surface area contributed by atoms with Crippen molar-refractivity contribution in [3.05, 3.63) is 62.6 Å². The van der Waals surface area contributed by atoms with Gasteiger partial charge in [-0.15, -0.1) is 11.3 Å². The largest absolute Gasteiger partial charge is 0.360 e. The number of thiophene rings is 1. The summed E-state index contributed by atoms with van der Waals surface area (Å²) < 4.78 is 1.94. The lowest BCUT2D eigenvalue weighted by Gasteiger charge is -2.24. The van der Waals surface area contributed by atoms with Crippen LogP contribution in [-0.4, -0.2) is 20.9 Å². The van der Waals surface area contributed by atoms with Crippen LogP contribution in [0.4, 0.5) is 0 Å². The molecule has 0 amide bonds. The topological polar surface area (TPSA) is 41.9 Å². The molecule has 4 nitrogen and oxygen atoms in total. The van der Waals surface area contributed by atoms with Gasteiger partial charge in [0.1, 0.15) is 0 Å². The Labute approximate surface area is 227 Å². The van der Waals surface area contributed by atoms with E-state index in [1.165, 1.54) is 37.0 Å². The van der Waals surface area contributed by atoms with Crippen LogP contribution >= 0.6 is 46.8 Å². The third kappa shape index (κ3) is 6.67. The summed E-state index contributed by atoms with van der Waals surface area (Å²) in [6, 6.07) is 10.3. The van der Waals surface area contributed by atoms with E-state index in [0.29, 0.717) is 27.7 Å². The van der Waals surface area contributed by atoms with Crippen molar-refractivity contribution in [2.75, 3.05) is 0 Å². The summed E-state index contributed by atoms with van der Waals surface area (Å²) in [5.41, 5.74) is 3.89. The van der Waals surface area contributed by atoms with Crippen LogP contribution < -0.4 is 10.6 Å². The van der Waals surface area contributed by atoms with Gasteiger partial charge < -0.3 is 10.6 Å². The van der Waals surface area contributed by atoms with Gasteiger partial charge >= 0.3 is 0 Å². The van der Waals surface area contributed by atoms with E-state index < -0.39 is 0 Å². The SMILES string of the molecule is CCC/C=C/c1ccc(-c2c(C)c(CNC(=S)NC3CCCCC3)nn2-c2ccc(Cl)cc2Cl)s1. The highest BCUT2D eigenvalue weighted by atomic mass is 35.5. The van der Waals surface area contributed by atoms with Crippen molar-refractivity contribution in [3.63, 3.8) is 0 Å². The molecule has 1 aromatic carbocycles. The Balaban J connectivity index is 1.62. The van der Waals surface area contributed by atoms with Crippen LogP contribution in [0.2, 0.25) is 10.0 Å². The van der Waals surface area contributed by atoms with E-state index in [1.54, 1.807) is 17.4 Å². The highest BCUT2D eigenvalue weighted by Gasteiger charge is 2.21. The zero-order valence-electron chi connectivity index (χ0n) is 20.2. The molecule has 2 N–H and O–H groups in total. The standard InChI is InChI=1S/C27H32Cl2N4S2/c1-3-4-6-11-21-13-15-25(35-21)26-18(2)23(17-30-27(34)31-20-9-7-5-8-10-20)32-33(26)24-14-12-19(28)16-22(24)29/h6,11-16,20H,3-5,7-10,17H2,1-2H3,(H2,30,31,34)/b11-6+. The minimum Gasteiger partial charge on any atom is -0.360 e. The zero-order chi connectivity index (χ0) is 24.8. The molecule has 4 rings (SSSR count). The Morgan fingerprint density at radius 1 is 1.20 bits per heavy atom. The average Bonchev–Trinajstić information content (AvgIpc) is 3.42. The maximum atomic E-state index is 6.61. The van der Waals surface area contributed by atoms with Crippen LogP contribution in [-0.2, 0) is 6.54 Å². The first kappa shape index (κ1) is 26.2. The van der Waals surface area contributed by atoms with Crippen LogP contribution in [0.1, 0.15) is 68.0 Å². The molecule has 0 saturated heterocycles. The van der Waals surface area contributed by atoms with Crippen molar-refractivity contribution in [3.8, 4) is 16.3 Å². The lowest BCUT2D eigenvalue weighted by atomic mass is 9.96. The smallest absolute Gasteiger partial charge is 0.166 e. The number of unbranched alkanes of at least 4 members (excludes halogenated alkanes) is 1. The number of nitrogens with one attached hydrogen (secondary N) is 2. The lowest BCUT2D eigenvalue weighted by Crippen LogP contribution is -2.42. The summed E-state index contributed by atoms with van der Waals surface area (Å²) in [7, 11) is 0. The van der Waals surface area contributed by atoms with E-state index in [4.69, 9.17) is 40.5 Å². The molecule has 8 heteroatoms. The molecular formula is C27H32Cl2N4S2. The molecule has 1 saturated carbocycles. The van der Waals surface area contributed by atoms with E-state index in [2.05, 4.69) is 48.8 Å². The second-order valence-electron chi connectivity index (χ2n) is 8.98. The van der Waals surface area contributed by atoms with Gasteiger partial charge in [0, 0.05) is 21.5 Å². The van der Waals surface area contributed by atoms with Crippen LogP contribution in [0, 0.1) is 6.92 Å². The van der Waals surface area contributed by atoms with E-state index >= 15 is 0 Å². The number of aromatic nitrogens is 2. The Morgan fingerprint density at radius 2 is 2.00 bits per heavy atom. The lowest BCUT2D eigenvalue weighted by molar-refractivity contribution is 0.412. The van der Waals surface area contributed by atoms with Crippen molar-refractivity contribution in [1.82, 2.24) is 20.4 Å². The van der Waals surface area contributed by atoms with E-state index in [0.717, 1.165) is 40.4 Å². The molecule has 0 bridgehead atoms. The molecule has 0 aliphatic heterocycles. The van der Waals surface area contributed by atoms with Crippen LogP contribution in [0.3, 0.4) is 0 Å². The third-order valence-corrected chi connectivity index (χ3v) is 8.17. The second kappa shape index (κ2) is 12.4. The summed E-state index contributed by atoms with van der Waals surface area (Å²) in [6.07, 6.45) is 12.9. The fourth-order valence-corrected chi connectivity index (χ4v) is 6.16. The van der Waals surface area contributed by atoms with E-state index in [-0.39, 0.29) is 0 Å². The molecule has 1 aliphatic carbocycles. The van der Waals surface area contributed by atoms with E-state index in [9.17, 15) is 0 Å². The van der Waals surface area contributed by atoms with Gasteiger partial charge in [0.15, 0.2) is 5.11 Å². The predicted molar refractivity (Wildman–Crippen MR) is 155 cm³/mol. The number of hydrogen-bond donors (Lipinski definition) is 2.